The zero-order valence-electron chi connectivity index (χ0n) is 10.9. The van der Waals surface area contributed by atoms with Crippen LogP contribution in [0.3, 0.4) is 0 Å². The van der Waals surface area contributed by atoms with Crippen LogP contribution < -0.4 is 5.73 Å². The van der Waals surface area contributed by atoms with Crippen LogP contribution in [0, 0.1) is 0 Å². The first kappa shape index (κ1) is 12.5. The van der Waals surface area contributed by atoms with Gasteiger partial charge in [0.2, 0.25) is 0 Å². The summed E-state index contributed by atoms with van der Waals surface area (Å²) in [7, 11) is 0. The van der Waals surface area contributed by atoms with E-state index in [2.05, 4.69) is 14.8 Å². The van der Waals surface area contributed by atoms with E-state index in [-0.39, 0.29) is 0 Å². The van der Waals surface area contributed by atoms with Gasteiger partial charge in [-0.25, -0.2) is 0 Å². The van der Waals surface area contributed by atoms with Crippen molar-refractivity contribution in [2.75, 3.05) is 5.73 Å². The molecule has 0 radical (unpaired) electrons. The van der Waals surface area contributed by atoms with Crippen LogP contribution in [-0.4, -0.2) is 14.8 Å². The van der Waals surface area contributed by atoms with Crippen LogP contribution in [0.25, 0.3) is 0 Å². The molecule has 2 fully saturated rings. The van der Waals surface area contributed by atoms with Gasteiger partial charge in [-0.05, 0) is 55.6 Å². The van der Waals surface area contributed by atoms with Gasteiger partial charge in [-0.3, -0.25) is 0 Å². The molecular weight excluding hydrogens is 292 g/mol. The molecule has 6 heteroatoms. The van der Waals surface area contributed by atoms with E-state index in [1.807, 2.05) is 18.2 Å². The molecule has 104 valence electrons. The molecule has 0 aliphatic heterocycles. The van der Waals surface area contributed by atoms with E-state index in [1.165, 1.54) is 25.7 Å². The molecule has 4 nitrogen and oxygen atoms in total. The van der Waals surface area contributed by atoms with Gasteiger partial charge in [0.25, 0.3) is 0 Å². The van der Waals surface area contributed by atoms with Crippen LogP contribution >= 0.6 is 23.4 Å². The molecular formula is C14H15ClN4S. The first-order chi connectivity index (χ1) is 9.72. The molecule has 0 amide bonds. The first-order valence-electron chi connectivity index (χ1n) is 6.90. The van der Waals surface area contributed by atoms with E-state index in [1.54, 1.807) is 11.8 Å². The fourth-order valence-corrected chi connectivity index (χ4v) is 3.58. The van der Waals surface area contributed by atoms with Gasteiger partial charge in [0.05, 0.1) is 0 Å². The monoisotopic (exact) mass is 306 g/mol. The number of nitrogens with two attached hydrogens (primary N) is 1. The minimum Gasteiger partial charge on any atom is -0.398 e. The maximum absolute atomic E-state index is 6.05. The summed E-state index contributed by atoms with van der Waals surface area (Å²) in [6, 6.07) is 6.13. The summed E-state index contributed by atoms with van der Waals surface area (Å²) in [5, 5.41) is 10.4. The maximum atomic E-state index is 6.05. The molecule has 2 aliphatic carbocycles. The largest absolute Gasteiger partial charge is 0.398 e. The summed E-state index contributed by atoms with van der Waals surface area (Å²) in [6.07, 6.45) is 4.95. The van der Waals surface area contributed by atoms with Gasteiger partial charge in [0, 0.05) is 27.6 Å². The van der Waals surface area contributed by atoms with Crippen LogP contribution in [0.5, 0.6) is 0 Å². The third kappa shape index (κ3) is 2.29. The zero-order valence-corrected chi connectivity index (χ0v) is 12.5. The number of aromatic nitrogens is 3. The standard InChI is InChI=1S/C14H15ClN4S/c15-9-3-6-11(16)12(7-9)20-14-18-17-13(8-1-2-8)19(14)10-4-5-10/h3,6-8,10H,1-2,4-5,16H2. The Kier molecular flexibility index (Phi) is 2.93. The summed E-state index contributed by atoms with van der Waals surface area (Å²) < 4.78 is 2.32. The first-order valence-corrected chi connectivity index (χ1v) is 8.09. The average molecular weight is 307 g/mol. The second-order valence-electron chi connectivity index (χ2n) is 5.50. The molecule has 0 atom stereocenters. The average Bonchev–Trinajstić information content (AvgIpc) is 3.33. The van der Waals surface area contributed by atoms with Crippen LogP contribution in [0.1, 0.15) is 43.5 Å². The predicted molar refractivity (Wildman–Crippen MR) is 80.3 cm³/mol. The van der Waals surface area contributed by atoms with Crippen molar-refractivity contribution in [2.24, 2.45) is 0 Å². The molecule has 1 heterocycles. The van der Waals surface area contributed by atoms with Crippen molar-refractivity contribution in [3.05, 3.63) is 29.0 Å². The Morgan fingerprint density at radius 2 is 2.00 bits per heavy atom. The maximum Gasteiger partial charge on any atom is 0.196 e. The molecule has 2 saturated carbocycles. The third-order valence-electron chi connectivity index (χ3n) is 3.72. The van der Waals surface area contributed by atoms with E-state index in [0.717, 1.165) is 21.6 Å². The molecule has 0 saturated heterocycles. The van der Waals surface area contributed by atoms with Crippen molar-refractivity contribution >= 4 is 29.1 Å². The molecule has 2 N–H and O–H groups in total. The summed E-state index contributed by atoms with van der Waals surface area (Å²) in [6.45, 7) is 0. The Morgan fingerprint density at radius 3 is 2.70 bits per heavy atom. The normalized spacial score (nSPS) is 18.4. The Labute approximate surface area is 126 Å². The lowest BCUT2D eigenvalue weighted by Crippen LogP contribution is -2.02. The Bertz CT molecular complexity index is 661. The highest BCUT2D eigenvalue weighted by atomic mass is 35.5. The van der Waals surface area contributed by atoms with Gasteiger partial charge in [-0.1, -0.05) is 11.6 Å². The highest BCUT2D eigenvalue weighted by Gasteiger charge is 2.36. The van der Waals surface area contributed by atoms with Gasteiger partial charge in [-0.2, -0.15) is 0 Å². The molecule has 4 rings (SSSR count). The quantitative estimate of drug-likeness (QED) is 0.871. The van der Waals surface area contributed by atoms with Gasteiger partial charge >= 0.3 is 0 Å². The van der Waals surface area contributed by atoms with Gasteiger partial charge in [0.15, 0.2) is 5.16 Å². The van der Waals surface area contributed by atoms with Crippen LogP contribution in [-0.2, 0) is 0 Å². The number of anilines is 1. The van der Waals surface area contributed by atoms with Crippen LogP contribution in [0.2, 0.25) is 5.02 Å². The number of nitrogens with zero attached hydrogens (tertiary/aromatic N) is 3. The fourth-order valence-electron chi connectivity index (χ4n) is 2.35. The summed E-state index contributed by atoms with van der Waals surface area (Å²) in [5.74, 6) is 1.78. The van der Waals surface area contributed by atoms with Gasteiger partial charge in [-0.15, -0.1) is 10.2 Å². The number of halogens is 1. The number of rotatable bonds is 4. The molecule has 0 bridgehead atoms. The second-order valence-corrected chi connectivity index (χ2v) is 6.95. The smallest absolute Gasteiger partial charge is 0.196 e. The SMILES string of the molecule is Nc1ccc(Cl)cc1Sc1nnc(C2CC2)n1C1CC1. The molecule has 20 heavy (non-hydrogen) atoms. The zero-order chi connectivity index (χ0) is 13.7. The summed E-state index contributed by atoms with van der Waals surface area (Å²) >= 11 is 7.62. The van der Waals surface area contributed by atoms with E-state index < -0.39 is 0 Å². The molecule has 1 aromatic carbocycles. The minimum absolute atomic E-state index is 0.587. The lowest BCUT2D eigenvalue weighted by Gasteiger charge is -2.09. The van der Waals surface area contributed by atoms with E-state index >= 15 is 0 Å². The third-order valence-corrected chi connectivity index (χ3v) is 4.99. The Balaban J connectivity index is 1.70. The van der Waals surface area contributed by atoms with Crippen molar-refractivity contribution in [3.8, 4) is 0 Å². The topological polar surface area (TPSA) is 56.7 Å². The number of hydrogen-bond acceptors (Lipinski definition) is 4. The molecule has 2 aliphatic rings. The Hall–Kier alpha value is -1.20. The number of hydrogen-bond donors (Lipinski definition) is 1. The van der Waals surface area contributed by atoms with Crippen molar-refractivity contribution in [1.82, 2.24) is 14.8 Å². The lowest BCUT2D eigenvalue weighted by atomic mass is 10.3. The van der Waals surface area contributed by atoms with E-state index in [4.69, 9.17) is 17.3 Å². The molecule has 1 aromatic heterocycles. The second kappa shape index (κ2) is 4.67. The highest BCUT2D eigenvalue weighted by molar-refractivity contribution is 7.99. The molecule has 0 unspecified atom stereocenters. The van der Waals surface area contributed by atoms with Gasteiger partial charge < -0.3 is 10.3 Å². The van der Waals surface area contributed by atoms with Crippen LogP contribution in [0.4, 0.5) is 5.69 Å². The van der Waals surface area contributed by atoms with Crippen LogP contribution in [0.15, 0.2) is 28.3 Å². The molecule has 2 aromatic rings. The minimum atomic E-state index is 0.587. The molecule has 0 spiro atoms. The van der Waals surface area contributed by atoms with Crippen molar-refractivity contribution in [1.29, 1.82) is 0 Å². The fraction of sp³-hybridized carbons (Fsp3) is 0.429. The Morgan fingerprint density at radius 1 is 1.20 bits per heavy atom. The van der Waals surface area contributed by atoms with Crippen molar-refractivity contribution in [2.45, 2.75) is 47.7 Å². The highest BCUT2D eigenvalue weighted by Crippen LogP contribution is 2.47. The van der Waals surface area contributed by atoms with Gasteiger partial charge in [0.1, 0.15) is 5.82 Å². The predicted octanol–water partition coefficient (Wildman–Crippen LogP) is 3.88. The van der Waals surface area contributed by atoms with E-state index in [0.29, 0.717) is 17.0 Å². The number of benzene rings is 1. The summed E-state index contributed by atoms with van der Waals surface area (Å²) in [4.78, 5) is 0.953. The van der Waals surface area contributed by atoms with Crippen molar-refractivity contribution < 1.29 is 0 Å². The number of nitrogen functional groups attached to an aromatic ring is 1. The van der Waals surface area contributed by atoms with Crippen molar-refractivity contribution in [3.63, 3.8) is 0 Å². The lowest BCUT2D eigenvalue weighted by molar-refractivity contribution is 0.627. The van der Waals surface area contributed by atoms with E-state index in [9.17, 15) is 0 Å². The summed E-state index contributed by atoms with van der Waals surface area (Å²) in [5.41, 5.74) is 6.76.